The van der Waals surface area contributed by atoms with Crippen LogP contribution < -0.4 is 4.74 Å². The van der Waals surface area contributed by atoms with Crippen molar-refractivity contribution in [3.8, 4) is 5.88 Å². The average molecular weight is 268 g/mol. The second-order valence-electron chi connectivity index (χ2n) is 3.26. The first-order chi connectivity index (χ1) is 8.63. The summed E-state index contributed by atoms with van der Waals surface area (Å²) in [5, 5.41) is 0.0776. The van der Waals surface area contributed by atoms with Gasteiger partial charge in [-0.05, 0) is 6.07 Å². The number of rotatable bonds is 3. The molecule has 0 unspecified atom stereocenters. The number of halogens is 2. The smallest absolute Gasteiger partial charge is 0.224 e. The predicted octanol–water partition coefficient (Wildman–Crippen LogP) is 1.90. The van der Waals surface area contributed by atoms with E-state index in [1.807, 2.05) is 0 Å². The molecule has 18 heavy (non-hydrogen) atoms. The van der Waals surface area contributed by atoms with E-state index in [-0.39, 0.29) is 22.2 Å². The van der Waals surface area contributed by atoms with E-state index < -0.39 is 11.6 Å². The first kappa shape index (κ1) is 12.4. The van der Waals surface area contributed by atoms with Crippen molar-refractivity contribution in [3.05, 3.63) is 46.9 Å². The number of ketones is 1. The molecule has 0 saturated heterocycles. The molecule has 0 N–H and O–H groups in total. The van der Waals surface area contributed by atoms with E-state index in [1.54, 1.807) is 0 Å². The fraction of sp³-hybridized carbons (Fsp3) is 0.0909. The van der Waals surface area contributed by atoms with Gasteiger partial charge in [-0.3, -0.25) is 4.79 Å². The fourth-order valence-electron chi connectivity index (χ4n) is 1.36. The summed E-state index contributed by atoms with van der Waals surface area (Å²) in [6.07, 6.45) is 3.41. The van der Waals surface area contributed by atoms with Gasteiger partial charge >= 0.3 is 0 Å². The van der Waals surface area contributed by atoms with Crippen molar-refractivity contribution in [1.82, 2.24) is 15.0 Å². The summed E-state index contributed by atoms with van der Waals surface area (Å²) >= 11 is 5.80. The third-order valence-electron chi connectivity index (χ3n) is 2.14. The number of methoxy groups -OCH3 is 1. The molecule has 0 fully saturated rings. The largest absolute Gasteiger partial charge is 0.480 e. The Morgan fingerprint density at radius 2 is 2.17 bits per heavy atom. The summed E-state index contributed by atoms with van der Waals surface area (Å²) in [5.41, 5.74) is -0.0736. The number of ether oxygens (including phenoxy) is 1. The minimum Gasteiger partial charge on any atom is -0.480 e. The van der Waals surface area contributed by atoms with Gasteiger partial charge in [0.25, 0.3) is 0 Å². The number of carbonyl (C=O) groups is 1. The zero-order chi connectivity index (χ0) is 13.1. The van der Waals surface area contributed by atoms with Crippen LogP contribution in [-0.2, 0) is 0 Å². The summed E-state index contributed by atoms with van der Waals surface area (Å²) in [6, 6.07) is 1.02. The van der Waals surface area contributed by atoms with Gasteiger partial charge in [-0.25, -0.2) is 19.3 Å². The summed E-state index contributed by atoms with van der Waals surface area (Å²) in [6.45, 7) is 0. The van der Waals surface area contributed by atoms with Crippen molar-refractivity contribution in [1.29, 1.82) is 0 Å². The number of carbonyl (C=O) groups excluding carboxylic acids is 1. The van der Waals surface area contributed by atoms with Crippen molar-refractivity contribution in [2.75, 3.05) is 7.11 Å². The quantitative estimate of drug-likeness (QED) is 0.795. The maximum absolute atomic E-state index is 13.1. The van der Waals surface area contributed by atoms with Crippen LogP contribution in [0.25, 0.3) is 0 Å². The molecule has 2 heterocycles. The van der Waals surface area contributed by atoms with E-state index in [1.165, 1.54) is 19.6 Å². The van der Waals surface area contributed by atoms with Crippen LogP contribution in [0.1, 0.15) is 16.1 Å². The molecule has 5 nitrogen and oxygen atoms in total. The number of aromatic nitrogens is 3. The normalized spacial score (nSPS) is 10.2. The summed E-state index contributed by atoms with van der Waals surface area (Å²) in [5.74, 6) is -1.22. The Bertz CT molecular complexity index is 607. The monoisotopic (exact) mass is 267 g/mol. The molecule has 0 aliphatic rings. The zero-order valence-electron chi connectivity index (χ0n) is 9.22. The molecule has 0 aliphatic carbocycles. The summed E-state index contributed by atoms with van der Waals surface area (Å²) < 4.78 is 18.0. The average Bonchev–Trinajstić information content (AvgIpc) is 2.38. The topological polar surface area (TPSA) is 65.0 Å². The van der Waals surface area contributed by atoms with E-state index in [9.17, 15) is 9.18 Å². The van der Waals surface area contributed by atoms with Crippen molar-refractivity contribution in [3.63, 3.8) is 0 Å². The van der Waals surface area contributed by atoms with Gasteiger partial charge in [0.2, 0.25) is 11.7 Å². The highest BCUT2D eigenvalue weighted by atomic mass is 35.5. The molecule has 92 valence electrons. The number of nitrogens with zero attached hydrogens (tertiary/aromatic N) is 3. The Morgan fingerprint density at radius 3 is 2.83 bits per heavy atom. The van der Waals surface area contributed by atoms with Gasteiger partial charge in [0.05, 0.1) is 23.9 Å². The number of hydrogen-bond acceptors (Lipinski definition) is 5. The maximum atomic E-state index is 13.1. The SMILES string of the molecule is COc1ncc(F)cc1C(=O)c1ncncc1Cl. The van der Waals surface area contributed by atoms with Crippen LogP contribution in [0.15, 0.2) is 24.8 Å². The Balaban J connectivity index is 2.52. The van der Waals surface area contributed by atoms with Crippen LogP contribution in [0.5, 0.6) is 5.88 Å². The van der Waals surface area contributed by atoms with Gasteiger partial charge in [-0.15, -0.1) is 0 Å². The van der Waals surface area contributed by atoms with Crippen LogP contribution in [0.4, 0.5) is 4.39 Å². The van der Waals surface area contributed by atoms with Crippen molar-refractivity contribution in [2.24, 2.45) is 0 Å². The van der Waals surface area contributed by atoms with Crippen LogP contribution in [0.3, 0.4) is 0 Å². The van der Waals surface area contributed by atoms with Crippen LogP contribution in [0.2, 0.25) is 5.02 Å². The second kappa shape index (κ2) is 5.05. The highest BCUT2D eigenvalue weighted by Crippen LogP contribution is 2.22. The maximum Gasteiger partial charge on any atom is 0.224 e. The number of pyridine rings is 1. The first-order valence-corrected chi connectivity index (χ1v) is 5.21. The van der Waals surface area contributed by atoms with Gasteiger partial charge in [0.1, 0.15) is 17.8 Å². The van der Waals surface area contributed by atoms with Crippen LogP contribution in [0, 0.1) is 5.82 Å². The third-order valence-corrected chi connectivity index (χ3v) is 2.42. The van der Waals surface area contributed by atoms with E-state index >= 15 is 0 Å². The predicted molar refractivity (Wildman–Crippen MR) is 61.2 cm³/mol. The molecule has 0 bridgehead atoms. The standard InChI is InChI=1S/C11H7ClFN3O2/c1-18-11-7(2-6(13)3-15-11)10(17)9-8(12)4-14-5-16-9/h2-5H,1H3. The van der Waals surface area contributed by atoms with Crippen LogP contribution >= 0.6 is 11.6 Å². The van der Waals surface area contributed by atoms with Crippen molar-refractivity contribution >= 4 is 17.4 Å². The lowest BCUT2D eigenvalue weighted by molar-refractivity contribution is 0.103. The zero-order valence-corrected chi connectivity index (χ0v) is 9.98. The minimum absolute atomic E-state index is 0.0103. The van der Waals surface area contributed by atoms with E-state index in [4.69, 9.17) is 16.3 Å². The molecule has 0 spiro atoms. The Labute approximate surface area is 107 Å². The summed E-state index contributed by atoms with van der Waals surface area (Å²) in [4.78, 5) is 23.2. The van der Waals surface area contributed by atoms with E-state index in [2.05, 4.69) is 15.0 Å². The Morgan fingerprint density at radius 1 is 1.39 bits per heavy atom. The molecule has 0 radical (unpaired) electrons. The molecule has 0 atom stereocenters. The molecular weight excluding hydrogens is 261 g/mol. The van der Waals surface area contributed by atoms with E-state index in [0.717, 1.165) is 12.3 Å². The lowest BCUT2D eigenvalue weighted by Gasteiger charge is -2.06. The van der Waals surface area contributed by atoms with Crippen LogP contribution in [-0.4, -0.2) is 27.8 Å². The molecule has 2 aromatic heterocycles. The van der Waals surface area contributed by atoms with Gasteiger partial charge in [0, 0.05) is 6.20 Å². The van der Waals surface area contributed by atoms with Crippen molar-refractivity contribution < 1.29 is 13.9 Å². The Kier molecular flexibility index (Phi) is 3.47. The molecule has 0 saturated carbocycles. The fourth-order valence-corrected chi connectivity index (χ4v) is 1.55. The summed E-state index contributed by atoms with van der Waals surface area (Å²) in [7, 11) is 1.33. The van der Waals surface area contributed by atoms with Gasteiger partial charge < -0.3 is 4.74 Å². The molecule has 0 aliphatic heterocycles. The third kappa shape index (κ3) is 2.28. The minimum atomic E-state index is -0.649. The first-order valence-electron chi connectivity index (χ1n) is 4.83. The Hall–Kier alpha value is -2.08. The molecule has 0 amide bonds. The van der Waals surface area contributed by atoms with Gasteiger partial charge in [0.15, 0.2) is 0 Å². The van der Waals surface area contributed by atoms with E-state index in [0.29, 0.717) is 0 Å². The molecular formula is C11H7ClFN3O2. The molecule has 2 aromatic rings. The van der Waals surface area contributed by atoms with Crippen molar-refractivity contribution in [2.45, 2.75) is 0 Å². The lowest BCUT2D eigenvalue weighted by atomic mass is 10.1. The molecule has 2 rings (SSSR count). The lowest BCUT2D eigenvalue weighted by Crippen LogP contribution is -2.09. The molecule has 7 heteroatoms. The second-order valence-corrected chi connectivity index (χ2v) is 3.67. The highest BCUT2D eigenvalue weighted by molar-refractivity contribution is 6.34. The van der Waals surface area contributed by atoms with Gasteiger partial charge in [-0.1, -0.05) is 11.6 Å². The van der Waals surface area contributed by atoms with Gasteiger partial charge in [-0.2, -0.15) is 0 Å². The number of hydrogen-bond donors (Lipinski definition) is 0. The molecule has 0 aromatic carbocycles. The highest BCUT2D eigenvalue weighted by Gasteiger charge is 2.20.